The van der Waals surface area contributed by atoms with Gasteiger partial charge in [0.15, 0.2) is 0 Å². The van der Waals surface area contributed by atoms with Crippen molar-refractivity contribution in [3.63, 3.8) is 0 Å². The van der Waals surface area contributed by atoms with Crippen LogP contribution in [0, 0.1) is 17.8 Å². The maximum atomic E-state index is 5.51. The first kappa shape index (κ1) is 18.2. The number of para-hydroxylation sites is 2. The summed E-state index contributed by atoms with van der Waals surface area (Å²) in [6.45, 7) is 6.86. The molecule has 2 aromatic heterocycles. The molecular weight excluding hydrogens is 378 g/mol. The number of fused-ring (bicyclic) bond motifs is 5. The molecule has 31 heavy (non-hydrogen) atoms. The van der Waals surface area contributed by atoms with E-state index in [-0.39, 0.29) is 10.8 Å². The summed E-state index contributed by atoms with van der Waals surface area (Å²) in [4.78, 5) is 10.7. The maximum Gasteiger partial charge on any atom is 0.148 e. The van der Waals surface area contributed by atoms with Gasteiger partial charge >= 0.3 is 0 Å². The smallest absolute Gasteiger partial charge is 0.148 e. The van der Waals surface area contributed by atoms with Crippen molar-refractivity contribution in [1.29, 1.82) is 0 Å². The third-order valence-corrected chi connectivity index (χ3v) is 8.62. The molecule has 8 rings (SSSR count). The fourth-order valence-corrected chi connectivity index (χ4v) is 7.61. The lowest BCUT2D eigenvalue weighted by Crippen LogP contribution is -2.49. The predicted octanol–water partition coefficient (Wildman–Crippen LogP) is 6.80. The number of aromatic nitrogens is 3. The largest absolute Gasteiger partial charge is 0.279 e. The second kappa shape index (κ2) is 5.88. The molecule has 4 bridgehead atoms. The number of nitrogens with zero attached hydrogens (tertiary/aromatic N) is 3. The second-order valence-electron chi connectivity index (χ2n) is 11.9. The lowest BCUT2D eigenvalue weighted by atomic mass is 9.49. The van der Waals surface area contributed by atoms with Gasteiger partial charge in [0, 0.05) is 10.8 Å². The number of hydrogen-bond donors (Lipinski definition) is 0. The zero-order valence-electron chi connectivity index (χ0n) is 18.9. The Labute approximate surface area is 183 Å². The van der Waals surface area contributed by atoms with Crippen LogP contribution in [0.2, 0.25) is 0 Å². The van der Waals surface area contributed by atoms with E-state index in [1.807, 2.05) is 0 Å². The van der Waals surface area contributed by atoms with Gasteiger partial charge in [-0.2, -0.15) is 0 Å². The molecule has 4 aliphatic rings. The Bertz CT molecular complexity index is 1320. The van der Waals surface area contributed by atoms with Gasteiger partial charge in [0.1, 0.15) is 11.5 Å². The molecule has 3 nitrogen and oxygen atoms in total. The molecule has 0 unspecified atom stereocenters. The minimum atomic E-state index is 0.114. The number of imidazole rings is 1. The Morgan fingerprint density at radius 2 is 1.52 bits per heavy atom. The minimum Gasteiger partial charge on any atom is -0.279 e. The Morgan fingerprint density at radius 3 is 2.19 bits per heavy atom. The van der Waals surface area contributed by atoms with Crippen LogP contribution in [0.3, 0.4) is 0 Å². The van der Waals surface area contributed by atoms with Crippen molar-refractivity contribution < 1.29 is 0 Å². The van der Waals surface area contributed by atoms with Crippen LogP contribution >= 0.6 is 0 Å². The molecule has 2 heterocycles. The van der Waals surface area contributed by atoms with Crippen molar-refractivity contribution in [3.05, 3.63) is 53.9 Å². The van der Waals surface area contributed by atoms with Gasteiger partial charge in [0.2, 0.25) is 0 Å². The van der Waals surface area contributed by atoms with Crippen LogP contribution in [0.15, 0.2) is 42.5 Å². The topological polar surface area (TPSA) is 30.2 Å². The summed E-state index contributed by atoms with van der Waals surface area (Å²) in [5, 5.41) is 1.18. The molecule has 0 spiro atoms. The minimum absolute atomic E-state index is 0.114. The fraction of sp³-hybridized carbons (Fsp3) is 0.500. The van der Waals surface area contributed by atoms with Gasteiger partial charge in [0.05, 0.1) is 16.6 Å². The maximum absolute atomic E-state index is 5.51. The highest BCUT2D eigenvalue weighted by Crippen LogP contribution is 2.60. The van der Waals surface area contributed by atoms with E-state index >= 15 is 0 Å². The predicted molar refractivity (Wildman–Crippen MR) is 127 cm³/mol. The first-order valence-corrected chi connectivity index (χ1v) is 12.1. The molecule has 158 valence electrons. The van der Waals surface area contributed by atoms with Crippen molar-refractivity contribution in [2.75, 3.05) is 0 Å². The molecule has 0 N–H and O–H groups in total. The lowest BCUT2D eigenvalue weighted by Gasteiger charge is -2.56. The van der Waals surface area contributed by atoms with E-state index in [1.54, 1.807) is 0 Å². The molecule has 4 aromatic rings. The van der Waals surface area contributed by atoms with E-state index in [2.05, 4.69) is 67.6 Å². The van der Waals surface area contributed by atoms with Crippen molar-refractivity contribution in [1.82, 2.24) is 14.4 Å². The third-order valence-electron chi connectivity index (χ3n) is 8.62. The molecule has 0 saturated heterocycles. The molecule has 4 saturated carbocycles. The Kier molecular flexibility index (Phi) is 3.45. The van der Waals surface area contributed by atoms with Gasteiger partial charge in [-0.3, -0.25) is 4.40 Å². The number of hydrogen-bond acceptors (Lipinski definition) is 2. The summed E-state index contributed by atoms with van der Waals surface area (Å²) in [7, 11) is 0. The van der Waals surface area contributed by atoms with Crippen molar-refractivity contribution >= 4 is 27.6 Å². The van der Waals surface area contributed by atoms with Gasteiger partial charge in [-0.05, 0) is 91.5 Å². The molecule has 2 aromatic carbocycles. The van der Waals surface area contributed by atoms with Gasteiger partial charge in [0.25, 0.3) is 0 Å². The van der Waals surface area contributed by atoms with Crippen molar-refractivity contribution in [2.45, 2.75) is 70.1 Å². The lowest BCUT2D eigenvalue weighted by molar-refractivity contribution is -0.00964. The fourth-order valence-electron chi connectivity index (χ4n) is 7.61. The summed E-state index contributed by atoms with van der Waals surface area (Å²) in [5.74, 6) is 3.99. The highest BCUT2D eigenvalue weighted by Gasteiger charge is 2.53. The van der Waals surface area contributed by atoms with Crippen molar-refractivity contribution in [2.24, 2.45) is 17.8 Å². The van der Waals surface area contributed by atoms with E-state index in [1.165, 1.54) is 60.8 Å². The van der Waals surface area contributed by atoms with Crippen LogP contribution in [0.1, 0.15) is 70.7 Å². The summed E-state index contributed by atoms with van der Waals surface area (Å²) >= 11 is 0. The highest BCUT2D eigenvalue weighted by atomic mass is 15.1. The summed E-state index contributed by atoms with van der Waals surface area (Å²) in [6, 6.07) is 15.5. The molecule has 0 amide bonds. The highest BCUT2D eigenvalue weighted by molar-refractivity contribution is 5.97. The summed E-state index contributed by atoms with van der Waals surface area (Å²) in [5.41, 5.74) is 6.22. The van der Waals surface area contributed by atoms with E-state index in [0.717, 1.165) is 34.4 Å². The molecule has 0 atom stereocenters. The van der Waals surface area contributed by atoms with Crippen LogP contribution in [0.25, 0.3) is 27.6 Å². The van der Waals surface area contributed by atoms with E-state index in [9.17, 15) is 0 Å². The summed E-state index contributed by atoms with van der Waals surface area (Å²) in [6.07, 6.45) is 8.31. The number of rotatable bonds is 1. The molecule has 4 aliphatic carbocycles. The average Bonchev–Trinajstić information content (AvgIpc) is 3.11. The van der Waals surface area contributed by atoms with Crippen LogP contribution < -0.4 is 0 Å². The molecular formula is C28H31N3. The van der Waals surface area contributed by atoms with Gasteiger partial charge in [-0.1, -0.05) is 39.0 Å². The molecule has 4 fully saturated rings. The molecule has 0 radical (unpaired) electrons. The Morgan fingerprint density at radius 1 is 0.839 bits per heavy atom. The van der Waals surface area contributed by atoms with Crippen LogP contribution in [-0.4, -0.2) is 14.4 Å². The Hall–Kier alpha value is -2.42. The summed E-state index contributed by atoms with van der Waals surface area (Å²) < 4.78 is 2.45. The zero-order chi connectivity index (χ0) is 21.0. The Balaban J connectivity index is 1.58. The van der Waals surface area contributed by atoms with Crippen molar-refractivity contribution in [3.8, 4) is 0 Å². The van der Waals surface area contributed by atoms with E-state index < -0.39 is 0 Å². The third kappa shape index (κ3) is 2.52. The first-order chi connectivity index (χ1) is 14.9. The number of benzene rings is 2. The first-order valence-electron chi connectivity index (χ1n) is 12.1. The standard InChI is InChI=1S/C28H31N3/c1-27(2,3)20-8-9-21-23(13-20)30-26(31-24-7-5-4-6-22(24)29-25(21)31)28-14-17-10-18(15-28)12-19(11-17)16-28/h4-9,13,17-19H,10-12,14-16H2,1-3H3. The normalized spacial score (nSPS) is 30.1. The monoisotopic (exact) mass is 409 g/mol. The van der Waals surface area contributed by atoms with Crippen LogP contribution in [0.4, 0.5) is 0 Å². The van der Waals surface area contributed by atoms with Gasteiger partial charge in [-0.15, -0.1) is 0 Å². The second-order valence-corrected chi connectivity index (χ2v) is 11.9. The van der Waals surface area contributed by atoms with Gasteiger partial charge in [-0.25, -0.2) is 9.97 Å². The van der Waals surface area contributed by atoms with E-state index in [0.29, 0.717) is 0 Å². The van der Waals surface area contributed by atoms with Crippen LogP contribution in [-0.2, 0) is 10.8 Å². The van der Waals surface area contributed by atoms with Crippen LogP contribution in [0.5, 0.6) is 0 Å². The van der Waals surface area contributed by atoms with E-state index in [4.69, 9.17) is 9.97 Å². The SMILES string of the molecule is CC(C)(C)c1ccc2c(c1)nc(C13CC4CC(CC(C4)C1)C3)n1c3ccccc3nc21. The van der Waals surface area contributed by atoms with Gasteiger partial charge < -0.3 is 0 Å². The average molecular weight is 410 g/mol. The molecule has 0 aliphatic heterocycles. The molecule has 3 heteroatoms. The zero-order valence-corrected chi connectivity index (χ0v) is 18.9. The quantitative estimate of drug-likeness (QED) is 0.346.